The van der Waals surface area contributed by atoms with Crippen LogP contribution in [0.25, 0.3) is 0 Å². The lowest BCUT2D eigenvalue weighted by Gasteiger charge is -2.20. The number of carbonyl (C=O) groups is 2. The molecular weight excluding hydrogens is 316 g/mol. The zero-order valence-electron chi connectivity index (χ0n) is 14.2. The van der Waals surface area contributed by atoms with Gasteiger partial charge in [0.1, 0.15) is 6.04 Å². The van der Waals surface area contributed by atoms with E-state index in [0.29, 0.717) is 18.5 Å². The highest BCUT2D eigenvalue weighted by Gasteiger charge is 2.24. The van der Waals surface area contributed by atoms with E-state index in [2.05, 4.69) is 5.32 Å². The van der Waals surface area contributed by atoms with Crippen LogP contribution < -0.4 is 11.1 Å². The van der Waals surface area contributed by atoms with E-state index < -0.39 is 12.0 Å². The van der Waals surface area contributed by atoms with Gasteiger partial charge in [-0.05, 0) is 43.9 Å². The van der Waals surface area contributed by atoms with Gasteiger partial charge in [0.2, 0.25) is 0 Å². The number of ether oxygens (including phenoxy) is 1. The van der Waals surface area contributed by atoms with Crippen LogP contribution in [-0.2, 0) is 16.1 Å². The molecule has 130 valence electrons. The van der Waals surface area contributed by atoms with Crippen LogP contribution in [0.1, 0.15) is 50.0 Å². The number of halogens is 1. The van der Waals surface area contributed by atoms with E-state index in [0.717, 1.165) is 5.56 Å². The van der Waals surface area contributed by atoms with Gasteiger partial charge in [0.25, 0.3) is 5.91 Å². The minimum absolute atomic E-state index is 0. The first-order valence-electron chi connectivity index (χ1n) is 7.63. The number of esters is 1. The molecule has 0 spiro atoms. The molecule has 1 aromatic rings. The molecule has 1 amide bonds. The molecule has 0 saturated carbocycles. The summed E-state index contributed by atoms with van der Waals surface area (Å²) >= 11 is 0. The Kier molecular flexibility index (Phi) is 9.53. The molecule has 1 atom stereocenters. The molecule has 0 heterocycles. The van der Waals surface area contributed by atoms with E-state index in [4.69, 9.17) is 10.5 Å². The van der Waals surface area contributed by atoms with Crippen LogP contribution in [-0.4, -0.2) is 24.0 Å². The molecule has 1 aromatic carbocycles. The van der Waals surface area contributed by atoms with Crippen LogP contribution in [0.15, 0.2) is 24.3 Å². The summed E-state index contributed by atoms with van der Waals surface area (Å²) in [7, 11) is 0. The Morgan fingerprint density at radius 1 is 1.13 bits per heavy atom. The number of rotatable bonds is 7. The normalized spacial score (nSPS) is 11.8. The van der Waals surface area contributed by atoms with Gasteiger partial charge in [-0.25, -0.2) is 4.79 Å². The average Bonchev–Trinajstić information content (AvgIpc) is 2.45. The van der Waals surface area contributed by atoms with Crippen LogP contribution in [0.3, 0.4) is 0 Å². The molecule has 0 bridgehead atoms. The van der Waals surface area contributed by atoms with Crippen molar-refractivity contribution in [2.75, 3.05) is 0 Å². The van der Waals surface area contributed by atoms with Crippen molar-refractivity contribution in [3.8, 4) is 0 Å². The second-order valence-electron chi connectivity index (χ2n) is 6.04. The number of nitrogens with two attached hydrogens (primary N) is 1. The quantitative estimate of drug-likeness (QED) is 0.746. The predicted molar refractivity (Wildman–Crippen MR) is 93.5 cm³/mol. The Morgan fingerprint density at radius 3 is 2.13 bits per heavy atom. The fraction of sp³-hybridized carbons (Fsp3) is 0.529. The number of nitrogens with one attached hydrogen (secondary N) is 1. The Morgan fingerprint density at radius 2 is 1.70 bits per heavy atom. The summed E-state index contributed by atoms with van der Waals surface area (Å²) in [5.74, 6) is -0.407. The van der Waals surface area contributed by atoms with E-state index in [1.807, 2.05) is 13.8 Å². The fourth-order valence-electron chi connectivity index (χ4n) is 2.03. The molecule has 3 N–H and O–H groups in total. The summed E-state index contributed by atoms with van der Waals surface area (Å²) in [6.45, 7) is 8.00. The third-order valence-electron chi connectivity index (χ3n) is 3.10. The molecule has 0 unspecified atom stereocenters. The first kappa shape index (κ1) is 21.4. The van der Waals surface area contributed by atoms with Gasteiger partial charge >= 0.3 is 5.97 Å². The van der Waals surface area contributed by atoms with Gasteiger partial charge < -0.3 is 15.8 Å². The van der Waals surface area contributed by atoms with Gasteiger partial charge in [-0.3, -0.25) is 4.79 Å². The van der Waals surface area contributed by atoms with E-state index >= 15 is 0 Å². The number of amides is 1. The molecule has 0 aromatic heterocycles. The van der Waals surface area contributed by atoms with Crippen molar-refractivity contribution in [1.29, 1.82) is 0 Å². The van der Waals surface area contributed by atoms with Crippen LogP contribution in [0.2, 0.25) is 0 Å². The maximum atomic E-state index is 12.3. The molecule has 1 rings (SSSR count). The first-order valence-corrected chi connectivity index (χ1v) is 7.63. The molecule has 0 aliphatic carbocycles. The summed E-state index contributed by atoms with van der Waals surface area (Å²) in [4.78, 5) is 24.4. The van der Waals surface area contributed by atoms with E-state index in [1.165, 1.54) is 0 Å². The standard InChI is InChI=1S/C17H26N2O3.ClH/c1-11(2)9-15(17(21)22-12(3)4)19-16(20)14-7-5-13(10-18)6-8-14;/h5-8,11-12,15H,9-10,18H2,1-4H3,(H,19,20);1H/t15-;/m0./s1. The monoisotopic (exact) mass is 342 g/mol. The summed E-state index contributed by atoms with van der Waals surface area (Å²) in [5.41, 5.74) is 6.99. The van der Waals surface area contributed by atoms with Gasteiger partial charge in [-0.1, -0.05) is 26.0 Å². The Bertz CT molecular complexity index is 501. The SMILES string of the molecule is CC(C)C[C@H](NC(=O)c1ccc(CN)cc1)C(=O)OC(C)C.Cl. The van der Waals surface area contributed by atoms with Crippen molar-refractivity contribution in [3.05, 3.63) is 35.4 Å². The van der Waals surface area contributed by atoms with Crippen LogP contribution in [0, 0.1) is 5.92 Å². The van der Waals surface area contributed by atoms with Crippen LogP contribution >= 0.6 is 12.4 Å². The first-order chi connectivity index (χ1) is 10.3. The Balaban J connectivity index is 0.00000484. The number of hydrogen-bond donors (Lipinski definition) is 2. The zero-order chi connectivity index (χ0) is 16.7. The lowest BCUT2D eigenvalue weighted by molar-refractivity contribution is -0.150. The number of hydrogen-bond acceptors (Lipinski definition) is 4. The van der Waals surface area contributed by atoms with Crippen LogP contribution in [0.4, 0.5) is 0 Å². The van der Waals surface area contributed by atoms with Gasteiger partial charge in [-0.15, -0.1) is 12.4 Å². The largest absolute Gasteiger partial charge is 0.461 e. The average molecular weight is 343 g/mol. The van der Waals surface area contributed by atoms with Crippen LogP contribution in [0.5, 0.6) is 0 Å². The molecule has 6 heteroatoms. The van der Waals surface area contributed by atoms with Crippen molar-refractivity contribution in [3.63, 3.8) is 0 Å². The zero-order valence-corrected chi connectivity index (χ0v) is 15.0. The topological polar surface area (TPSA) is 81.4 Å². The third kappa shape index (κ3) is 7.48. The highest BCUT2D eigenvalue weighted by Crippen LogP contribution is 2.10. The molecule has 0 aliphatic rings. The minimum Gasteiger partial charge on any atom is -0.461 e. The van der Waals surface area contributed by atoms with Crippen molar-refractivity contribution < 1.29 is 14.3 Å². The fourth-order valence-corrected chi connectivity index (χ4v) is 2.03. The maximum Gasteiger partial charge on any atom is 0.328 e. The van der Waals surface area contributed by atoms with Crippen molar-refractivity contribution in [2.45, 2.75) is 52.8 Å². The van der Waals surface area contributed by atoms with Crippen molar-refractivity contribution >= 4 is 24.3 Å². The lowest BCUT2D eigenvalue weighted by atomic mass is 10.0. The summed E-state index contributed by atoms with van der Waals surface area (Å²) in [6.07, 6.45) is 0.334. The van der Waals surface area contributed by atoms with Gasteiger partial charge in [0.15, 0.2) is 0 Å². The highest BCUT2D eigenvalue weighted by atomic mass is 35.5. The highest BCUT2D eigenvalue weighted by molar-refractivity contribution is 5.96. The molecule has 0 fully saturated rings. The van der Waals surface area contributed by atoms with Gasteiger partial charge in [-0.2, -0.15) is 0 Å². The van der Waals surface area contributed by atoms with Crippen molar-refractivity contribution in [2.24, 2.45) is 11.7 Å². The number of carbonyl (C=O) groups excluding carboxylic acids is 2. The third-order valence-corrected chi connectivity index (χ3v) is 3.10. The minimum atomic E-state index is -0.635. The second kappa shape index (κ2) is 10.2. The molecule has 0 radical (unpaired) electrons. The second-order valence-corrected chi connectivity index (χ2v) is 6.04. The summed E-state index contributed by atoms with van der Waals surface area (Å²) in [6, 6.07) is 6.39. The summed E-state index contributed by atoms with van der Waals surface area (Å²) < 4.78 is 5.22. The Labute approximate surface area is 144 Å². The molecule has 5 nitrogen and oxygen atoms in total. The lowest BCUT2D eigenvalue weighted by Crippen LogP contribution is -2.43. The van der Waals surface area contributed by atoms with E-state index in [1.54, 1.807) is 38.1 Å². The predicted octanol–water partition coefficient (Wildman–Crippen LogP) is 2.66. The van der Waals surface area contributed by atoms with Gasteiger partial charge in [0, 0.05) is 12.1 Å². The summed E-state index contributed by atoms with van der Waals surface area (Å²) in [5, 5.41) is 2.76. The molecule has 23 heavy (non-hydrogen) atoms. The Hall–Kier alpha value is -1.59. The van der Waals surface area contributed by atoms with E-state index in [9.17, 15) is 9.59 Å². The smallest absolute Gasteiger partial charge is 0.328 e. The molecule has 0 aliphatic heterocycles. The van der Waals surface area contributed by atoms with Crippen molar-refractivity contribution in [1.82, 2.24) is 5.32 Å². The maximum absolute atomic E-state index is 12.3. The molecule has 0 saturated heterocycles. The molecular formula is C17H27ClN2O3. The van der Waals surface area contributed by atoms with Gasteiger partial charge in [0.05, 0.1) is 6.10 Å². The number of benzene rings is 1. The van der Waals surface area contributed by atoms with E-state index in [-0.39, 0.29) is 30.3 Å².